The maximum Gasteiger partial charge on any atom is 0.254 e. The van der Waals surface area contributed by atoms with Gasteiger partial charge in [0.2, 0.25) is 0 Å². The van der Waals surface area contributed by atoms with E-state index in [1.54, 1.807) is 11.4 Å². The van der Waals surface area contributed by atoms with Crippen molar-refractivity contribution in [1.29, 1.82) is 0 Å². The Morgan fingerprint density at radius 1 is 1.37 bits per heavy atom. The molecule has 0 bridgehead atoms. The number of hydrogen-bond donors (Lipinski definition) is 0. The Morgan fingerprint density at radius 3 is 2.58 bits per heavy atom. The van der Waals surface area contributed by atoms with Gasteiger partial charge >= 0.3 is 0 Å². The topological polar surface area (TPSA) is 71.5 Å². The van der Waals surface area contributed by atoms with Gasteiger partial charge in [0.1, 0.15) is 9.58 Å². The van der Waals surface area contributed by atoms with E-state index in [0.29, 0.717) is 10.2 Å². The van der Waals surface area contributed by atoms with Crippen molar-refractivity contribution in [2.75, 3.05) is 24.3 Å². The first-order chi connectivity index (χ1) is 8.74. The molecule has 1 aromatic heterocycles. The monoisotopic (exact) mass is 405 g/mol. The highest BCUT2D eigenvalue weighted by Gasteiger charge is 2.40. The normalized spacial score (nSPS) is 22.5. The summed E-state index contributed by atoms with van der Waals surface area (Å²) in [5.41, 5.74) is 0. The molecule has 19 heavy (non-hydrogen) atoms. The van der Waals surface area contributed by atoms with Crippen molar-refractivity contribution in [3.05, 3.63) is 15.9 Å². The fraction of sp³-hybridized carbons (Fsp3) is 0.556. The molecule has 10 heteroatoms. The van der Waals surface area contributed by atoms with Crippen LogP contribution in [0.15, 0.2) is 20.1 Å². The van der Waals surface area contributed by atoms with Gasteiger partial charge in [-0.15, -0.1) is 11.3 Å². The van der Waals surface area contributed by atoms with E-state index in [1.807, 2.05) is 0 Å². The number of thioether (sulfide) groups is 1. The Balaban J connectivity index is 2.46. The van der Waals surface area contributed by atoms with Gasteiger partial charge in [-0.2, -0.15) is 16.1 Å². The van der Waals surface area contributed by atoms with Crippen LogP contribution in [0.25, 0.3) is 0 Å². The molecule has 1 aliphatic heterocycles. The zero-order chi connectivity index (χ0) is 14.3. The van der Waals surface area contributed by atoms with Crippen molar-refractivity contribution in [2.24, 2.45) is 0 Å². The Labute approximate surface area is 129 Å². The van der Waals surface area contributed by atoms with Crippen LogP contribution >= 0.6 is 39.0 Å². The first-order valence-electron chi connectivity index (χ1n) is 5.26. The molecule has 2 heterocycles. The lowest BCUT2D eigenvalue weighted by molar-refractivity contribution is 0.406. The minimum absolute atomic E-state index is 0.160. The van der Waals surface area contributed by atoms with Crippen molar-refractivity contribution in [3.63, 3.8) is 0 Å². The number of sulfone groups is 1. The summed E-state index contributed by atoms with van der Waals surface area (Å²) >= 11 is 5.73. The van der Waals surface area contributed by atoms with Gasteiger partial charge in [-0.05, 0) is 27.4 Å². The Morgan fingerprint density at radius 2 is 2.05 bits per heavy atom. The molecule has 0 aliphatic carbocycles. The molecular formula is C9H12BrNO4S4. The summed E-state index contributed by atoms with van der Waals surface area (Å²) in [7, 11) is -7.22. The third-order valence-electron chi connectivity index (χ3n) is 2.66. The zero-order valence-electron chi connectivity index (χ0n) is 9.94. The molecule has 0 radical (unpaired) electrons. The number of thiophene rings is 1. The predicted molar refractivity (Wildman–Crippen MR) is 81.9 cm³/mol. The van der Waals surface area contributed by atoms with E-state index in [1.165, 1.54) is 11.8 Å². The van der Waals surface area contributed by atoms with E-state index in [0.717, 1.165) is 21.9 Å². The van der Waals surface area contributed by atoms with E-state index in [9.17, 15) is 16.8 Å². The van der Waals surface area contributed by atoms with Crippen molar-refractivity contribution in [3.8, 4) is 0 Å². The van der Waals surface area contributed by atoms with E-state index < -0.39 is 25.2 Å². The van der Waals surface area contributed by atoms with Gasteiger partial charge in [-0.25, -0.2) is 16.8 Å². The number of hydrogen-bond acceptors (Lipinski definition) is 6. The molecule has 0 amide bonds. The van der Waals surface area contributed by atoms with E-state index in [-0.39, 0.29) is 16.5 Å². The minimum Gasteiger partial charge on any atom is -0.227 e. The van der Waals surface area contributed by atoms with Gasteiger partial charge in [-0.3, -0.25) is 0 Å². The summed E-state index contributed by atoms with van der Waals surface area (Å²) < 4.78 is 50.4. The maximum atomic E-state index is 12.6. The maximum absolute atomic E-state index is 12.6. The molecule has 2 rings (SSSR count). The Hall–Kier alpha value is 0.390. The van der Waals surface area contributed by atoms with Crippen LogP contribution in [0.5, 0.6) is 0 Å². The lowest BCUT2D eigenvalue weighted by atomic mass is 10.6. The van der Waals surface area contributed by atoms with Crippen molar-refractivity contribution < 1.29 is 16.8 Å². The van der Waals surface area contributed by atoms with Gasteiger partial charge in [0, 0.05) is 28.8 Å². The van der Waals surface area contributed by atoms with E-state index in [4.69, 9.17) is 0 Å². The lowest BCUT2D eigenvalue weighted by Gasteiger charge is -2.32. The van der Waals surface area contributed by atoms with Gasteiger partial charge in [-0.1, -0.05) is 0 Å². The van der Waals surface area contributed by atoms with E-state index >= 15 is 0 Å². The molecule has 108 valence electrons. The lowest BCUT2D eigenvalue weighted by Crippen LogP contribution is -2.49. The fourth-order valence-electron chi connectivity index (χ4n) is 1.75. The molecule has 1 aromatic rings. The standard InChI is InChI=1S/C9H12BrNO4S4/c1-18(12,13)8-6-16-5-3-11(8)19(14,15)9-7(10)2-4-17-9/h2,4,8H,3,5-6H2,1H3. The Kier molecular flexibility index (Phi) is 4.69. The highest BCUT2D eigenvalue weighted by Crippen LogP contribution is 2.34. The smallest absolute Gasteiger partial charge is 0.227 e. The average Bonchev–Trinajstić information content (AvgIpc) is 2.75. The first-order valence-corrected chi connectivity index (χ1v) is 11.5. The fourth-order valence-corrected chi connectivity index (χ4v) is 9.34. The van der Waals surface area contributed by atoms with Crippen LogP contribution in [0.3, 0.4) is 0 Å². The van der Waals surface area contributed by atoms with Crippen molar-refractivity contribution in [2.45, 2.75) is 9.58 Å². The molecule has 5 nitrogen and oxygen atoms in total. The van der Waals surface area contributed by atoms with E-state index in [2.05, 4.69) is 15.9 Å². The summed E-state index contributed by atoms with van der Waals surface area (Å²) in [4.78, 5) is 0. The molecule has 0 N–H and O–H groups in total. The zero-order valence-corrected chi connectivity index (χ0v) is 14.8. The van der Waals surface area contributed by atoms with Gasteiger partial charge in [0.25, 0.3) is 10.0 Å². The SMILES string of the molecule is CS(=O)(=O)C1CSCCN1S(=O)(=O)c1sccc1Br. The van der Waals surface area contributed by atoms with Crippen LogP contribution in [0.2, 0.25) is 0 Å². The van der Waals surface area contributed by atoms with Crippen LogP contribution in [-0.4, -0.2) is 50.8 Å². The summed E-state index contributed by atoms with van der Waals surface area (Å²) in [6.45, 7) is 0.217. The molecule has 1 aliphatic rings. The van der Waals surface area contributed by atoms with Gasteiger partial charge in [0.05, 0.1) is 0 Å². The van der Waals surface area contributed by atoms with Crippen LogP contribution in [0, 0.1) is 0 Å². The second-order valence-electron chi connectivity index (χ2n) is 4.03. The summed E-state index contributed by atoms with van der Waals surface area (Å²) in [5, 5.41) is 0.677. The molecule has 1 atom stereocenters. The molecule has 1 fully saturated rings. The van der Waals surface area contributed by atoms with Crippen LogP contribution < -0.4 is 0 Å². The predicted octanol–water partition coefficient (Wildman–Crippen LogP) is 1.62. The highest BCUT2D eigenvalue weighted by molar-refractivity contribution is 9.10. The Bertz CT molecular complexity index is 666. The molecule has 0 saturated carbocycles. The number of rotatable bonds is 3. The second-order valence-corrected chi connectivity index (χ2v) is 11.2. The molecule has 1 saturated heterocycles. The van der Waals surface area contributed by atoms with Crippen molar-refractivity contribution in [1.82, 2.24) is 4.31 Å². The number of halogens is 1. The molecule has 0 spiro atoms. The van der Waals surface area contributed by atoms with Crippen LogP contribution in [0.1, 0.15) is 0 Å². The van der Waals surface area contributed by atoms with Crippen LogP contribution in [-0.2, 0) is 19.9 Å². The average molecular weight is 406 g/mol. The summed E-state index contributed by atoms with van der Waals surface area (Å²) in [6.07, 6.45) is 1.08. The third-order valence-corrected chi connectivity index (χ3v) is 9.99. The number of sulfonamides is 1. The summed E-state index contributed by atoms with van der Waals surface area (Å²) in [5.74, 6) is 0.884. The third kappa shape index (κ3) is 3.18. The molecule has 0 aromatic carbocycles. The largest absolute Gasteiger partial charge is 0.254 e. The molecular weight excluding hydrogens is 394 g/mol. The first kappa shape index (κ1) is 15.8. The second kappa shape index (κ2) is 5.64. The summed E-state index contributed by atoms with van der Waals surface area (Å²) in [6, 6.07) is 1.64. The minimum atomic E-state index is -3.77. The van der Waals surface area contributed by atoms with Crippen molar-refractivity contribution >= 4 is 58.9 Å². The number of nitrogens with zero attached hydrogens (tertiary/aromatic N) is 1. The van der Waals surface area contributed by atoms with Crippen LogP contribution in [0.4, 0.5) is 0 Å². The quantitative estimate of drug-likeness (QED) is 0.763. The van der Waals surface area contributed by atoms with Gasteiger partial charge in [0.15, 0.2) is 9.84 Å². The van der Waals surface area contributed by atoms with Gasteiger partial charge < -0.3 is 0 Å². The molecule has 1 unspecified atom stereocenters. The highest BCUT2D eigenvalue weighted by atomic mass is 79.9.